The van der Waals surface area contributed by atoms with Crippen LogP contribution in [0.2, 0.25) is 0 Å². The number of aryl methyl sites for hydroxylation is 2. The maximum atomic E-state index is 11.3. The van der Waals surface area contributed by atoms with Crippen LogP contribution in [0.15, 0.2) is 42.9 Å². The number of carbonyl (C=O) groups is 1. The number of esters is 1. The lowest BCUT2D eigenvalue weighted by atomic mass is 10.1. The van der Waals surface area contributed by atoms with Gasteiger partial charge in [0, 0.05) is 18.6 Å². The molecule has 0 bridgehead atoms. The van der Waals surface area contributed by atoms with Crippen molar-refractivity contribution in [3.63, 3.8) is 0 Å². The second kappa shape index (κ2) is 5.91. The molecule has 1 aromatic heterocycles. The Kier molecular flexibility index (Phi) is 4.02. The van der Waals surface area contributed by atoms with Crippen molar-refractivity contribution in [3.8, 4) is 0 Å². The third kappa shape index (κ3) is 3.13. The van der Waals surface area contributed by atoms with Crippen LogP contribution in [0, 0.1) is 0 Å². The molecule has 0 aliphatic carbocycles. The minimum Gasteiger partial charge on any atom is -0.465 e. The molecule has 0 radical (unpaired) electrons. The zero-order chi connectivity index (χ0) is 12.8. The summed E-state index contributed by atoms with van der Waals surface area (Å²) in [6.07, 6.45) is 6.83. The van der Waals surface area contributed by atoms with Crippen LogP contribution in [-0.2, 0) is 17.6 Å². The van der Waals surface area contributed by atoms with E-state index in [9.17, 15) is 4.79 Å². The average Bonchev–Trinajstić information content (AvgIpc) is 2.46. The van der Waals surface area contributed by atoms with E-state index in [1.165, 1.54) is 7.11 Å². The Morgan fingerprint density at radius 1 is 1.17 bits per heavy atom. The van der Waals surface area contributed by atoms with Crippen LogP contribution in [0.4, 0.5) is 0 Å². The van der Waals surface area contributed by atoms with Gasteiger partial charge < -0.3 is 4.74 Å². The Morgan fingerprint density at radius 2 is 1.94 bits per heavy atom. The quantitative estimate of drug-likeness (QED) is 0.770. The van der Waals surface area contributed by atoms with E-state index in [0.29, 0.717) is 5.56 Å². The molecule has 0 saturated carbocycles. The third-order valence-electron chi connectivity index (χ3n) is 2.66. The fourth-order valence-corrected chi connectivity index (χ4v) is 1.66. The Balaban J connectivity index is 1.97. The highest BCUT2D eigenvalue weighted by molar-refractivity contribution is 5.89. The van der Waals surface area contributed by atoms with Crippen LogP contribution in [0.1, 0.15) is 21.6 Å². The minimum atomic E-state index is -0.310. The summed E-state index contributed by atoms with van der Waals surface area (Å²) in [6, 6.07) is 7.42. The second-order valence-corrected chi connectivity index (χ2v) is 3.89. The van der Waals surface area contributed by atoms with Crippen LogP contribution in [0.25, 0.3) is 0 Å². The SMILES string of the molecule is COC(=O)c1ccc(CCc2cnccn2)cc1. The molecule has 2 aromatic rings. The molecule has 1 aromatic carbocycles. The van der Waals surface area contributed by atoms with Crippen molar-refractivity contribution < 1.29 is 9.53 Å². The largest absolute Gasteiger partial charge is 0.465 e. The third-order valence-corrected chi connectivity index (χ3v) is 2.66. The van der Waals surface area contributed by atoms with E-state index in [4.69, 9.17) is 0 Å². The molecule has 0 amide bonds. The smallest absolute Gasteiger partial charge is 0.337 e. The summed E-state index contributed by atoms with van der Waals surface area (Å²) in [5.74, 6) is -0.310. The van der Waals surface area contributed by atoms with E-state index in [1.807, 2.05) is 12.1 Å². The van der Waals surface area contributed by atoms with Crippen molar-refractivity contribution >= 4 is 5.97 Å². The first-order valence-electron chi connectivity index (χ1n) is 5.72. The van der Waals surface area contributed by atoms with Gasteiger partial charge >= 0.3 is 5.97 Å². The number of rotatable bonds is 4. The number of methoxy groups -OCH3 is 1. The number of hydrogen-bond donors (Lipinski definition) is 0. The van der Waals surface area contributed by atoms with E-state index < -0.39 is 0 Å². The molecule has 0 atom stereocenters. The molecule has 1 heterocycles. The molecule has 2 rings (SSSR count). The highest BCUT2D eigenvalue weighted by atomic mass is 16.5. The Hall–Kier alpha value is -2.23. The molecule has 4 nitrogen and oxygen atoms in total. The van der Waals surface area contributed by atoms with Gasteiger partial charge in [0.15, 0.2) is 0 Å². The molecule has 92 valence electrons. The number of hydrogen-bond acceptors (Lipinski definition) is 4. The highest BCUT2D eigenvalue weighted by Gasteiger charge is 2.04. The molecule has 0 fully saturated rings. The van der Waals surface area contributed by atoms with Crippen molar-refractivity contribution in [2.45, 2.75) is 12.8 Å². The van der Waals surface area contributed by atoms with Gasteiger partial charge in [0.1, 0.15) is 0 Å². The molecule has 0 N–H and O–H groups in total. The fraction of sp³-hybridized carbons (Fsp3) is 0.214. The van der Waals surface area contributed by atoms with Gasteiger partial charge in [-0.05, 0) is 30.5 Å². The summed E-state index contributed by atoms with van der Waals surface area (Å²) in [6.45, 7) is 0. The van der Waals surface area contributed by atoms with Gasteiger partial charge in [0.2, 0.25) is 0 Å². The maximum Gasteiger partial charge on any atom is 0.337 e. The van der Waals surface area contributed by atoms with Crippen molar-refractivity contribution in [2.75, 3.05) is 7.11 Å². The molecular weight excluding hydrogens is 228 g/mol. The van der Waals surface area contributed by atoms with Gasteiger partial charge in [-0.3, -0.25) is 9.97 Å². The predicted octanol–water partition coefficient (Wildman–Crippen LogP) is 2.05. The van der Waals surface area contributed by atoms with Gasteiger partial charge in [0.05, 0.1) is 18.4 Å². The molecule has 0 aliphatic heterocycles. The summed E-state index contributed by atoms with van der Waals surface area (Å²) in [5.41, 5.74) is 2.70. The van der Waals surface area contributed by atoms with Crippen LogP contribution in [0.3, 0.4) is 0 Å². The van der Waals surface area contributed by atoms with E-state index in [1.54, 1.807) is 30.7 Å². The Labute approximate surface area is 106 Å². The molecular formula is C14H14N2O2. The van der Waals surface area contributed by atoms with Crippen molar-refractivity contribution in [3.05, 3.63) is 59.7 Å². The van der Waals surface area contributed by atoms with Gasteiger partial charge in [-0.15, -0.1) is 0 Å². The zero-order valence-electron chi connectivity index (χ0n) is 10.2. The summed E-state index contributed by atoms with van der Waals surface area (Å²) in [5, 5.41) is 0. The number of aromatic nitrogens is 2. The number of carbonyl (C=O) groups excluding carboxylic acids is 1. The summed E-state index contributed by atoms with van der Waals surface area (Å²) in [7, 11) is 1.38. The zero-order valence-corrected chi connectivity index (χ0v) is 10.2. The fourth-order valence-electron chi connectivity index (χ4n) is 1.66. The van der Waals surface area contributed by atoms with Crippen molar-refractivity contribution in [1.29, 1.82) is 0 Å². The van der Waals surface area contributed by atoms with Gasteiger partial charge in [-0.2, -0.15) is 0 Å². The van der Waals surface area contributed by atoms with E-state index in [0.717, 1.165) is 24.1 Å². The minimum absolute atomic E-state index is 0.310. The summed E-state index contributed by atoms with van der Waals surface area (Å²) >= 11 is 0. The lowest BCUT2D eigenvalue weighted by molar-refractivity contribution is 0.0600. The van der Waals surface area contributed by atoms with E-state index in [-0.39, 0.29) is 5.97 Å². The topological polar surface area (TPSA) is 52.1 Å². The van der Waals surface area contributed by atoms with Crippen LogP contribution < -0.4 is 0 Å². The number of nitrogens with zero attached hydrogens (tertiary/aromatic N) is 2. The summed E-state index contributed by atoms with van der Waals surface area (Å²) in [4.78, 5) is 19.5. The Bertz CT molecular complexity index is 509. The number of benzene rings is 1. The predicted molar refractivity (Wildman–Crippen MR) is 67.2 cm³/mol. The lowest BCUT2D eigenvalue weighted by Crippen LogP contribution is -2.01. The average molecular weight is 242 g/mol. The van der Waals surface area contributed by atoms with Crippen LogP contribution >= 0.6 is 0 Å². The van der Waals surface area contributed by atoms with Crippen molar-refractivity contribution in [2.24, 2.45) is 0 Å². The van der Waals surface area contributed by atoms with Crippen LogP contribution in [0.5, 0.6) is 0 Å². The van der Waals surface area contributed by atoms with Gasteiger partial charge in [-0.1, -0.05) is 12.1 Å². The monoisotopic (exact) mass is 242 g/mol. The first kappa shape index (κ1) is 12.2. The maximum absolute atomic E-state index is 11.3. The molecule has 0 spiro atoms. The summed E-state index contributed by atoms with van der Waals surface area (Å²) < 4.78 is 4.65. The molecule has 0 unspecified atom stereocenters. The molecule has 0 saturated heterocycles. The molecule has 0 aliphatic rings. The van der Waals surface area contributed by atoms with E-state index >= 15 is 0 Å². The number of ether oxygens (including phenoxy) is 1. The normalized spacial score (nSPS) is 10.1. The lowest BCUT2D eigenvalue weighted by Gasteiger charge is -2.03. The first-order valence-corrected chi connectivity index (χ1v) is 5.72. The second-order valence-electron chi connectivity index (χ2n) is 3.89. The van der Waals surface area contributed by atoms with Crippen molar-refractivity contribution in [1.82, 2.24) is 9.97 Å². The molecule has 18 heavy (non-hydrogen) atoms. The van der Waals surface area contributed by atoms with Crippen LogP contribution in [-0.4, -0.2) is 23.0 Å². The van der Waals surface area contributed by atoms with E-state index in [2.05, 4.69) is 14.7 Å². The molecule has 4 heteroatoms. The highest BCUT2D eigenvalue weighted by Crippen LogP contribution is 2.08. The Morgan fingerprint density at radius 3 is 2.56 bits per heavy atom. The van der Waals surface area contributed by atoms with Gasteiger partial charge in [0.25, 0.3) is 0 Å². The standard InChI is InChI=1S/C14H14N2O2/c1-18-14(17)12-5-2-11(3-6-12)4-7-13-10-15-8-9-16-13/h2-3,5-6,8-10H,4,7H2,1H3. The van der Waals surface area contributed by atoms with Gasteiger partial charge in [-0.25, -0.2) is 4.79 Å². The first-order chi connectivity index (χ1) is 8.79.